The van der Waals surface area contributed by atoms with Crippen molar-refractivity contribution in [3.8, 4) is 17.2 Å². The molecular weight excluding hydrogens is 296 g/mol. The molecule has 5 heteroatoms. The number of rotatable bonds is 5. The first-order valence-electron chi connectivity index (χ1n) is 7.27. The van der Waals surface area contributed by atoms with E-state index in [0.29, 0.717) is 22.8 Å². The summed E-state index contributed by atoms with van der Waals surface area (Å²) in [6.45, 7) is 2.23. The molecule has 0 unspecified atom stereocenters. The van der Waals surface area contributed by atoms with Crippen molar-refractivity contribution in [3.63, 3.8) is 0 Å². The zero-order valence-electron chi connectivity index (χ0n) is 12.6. The maximum absolute atomic E-state index is 11.4. The number of carbonyl (C=O) groups is 1. The van der Waals surface area contributed by atoms with Gasteiger partial charge in [-0.2, -0.15) is 0 Å². The van der Waals surface area contributed by atoms with Crippen LogP contribution in [0.15, 0.2) is 48.2 Å². The highest BCUT2D eigenvalue weighted by molar-refractivity contribution is 5.90. The molecular formula is C18H16O5. The van der Waals surface area contributed by atoms with E-state index in [1.807, 2.05) is 12.1 Å². The van der Waals surface area contributed by atoms with Crippen molar-refractivity contribution in [1.82, 2.24) is 0 Å². The molecule has 0 saturated heterocycles. The van der Waals surface area contributed by atoms with Crippen LogP contribution < -0.4 is 14.2 Å². The van der Waals surface area contributed by atoms with Gasteiger partial charge in [0.15, 0.2) is 11.5 Å². The van der Waals surface area contributed by atoms with Crippen molar-refractivity contribution in [2.75, 3.05) is 6.79 Å². The molecule has 0 radical (unpaired) electrons. The highest BCUT2D eigenvalue weighted by atomic mass is 16.7. The lowest BCUT2D eigenvalue weighted by Crippen LogP contribution is -2.07. The Balaban J connectivity index is 1.84. The fourth-order valence-electron chi connectivity index (χ4n) is 2.21. The first-order valence-corrected chi connectivity index (χ1v) is 7.27. The number of aryl methyl sites for hydroxylation is 1. The van der Waals surface area contributed by atoms with Gasteiger partial charge in [-0.15, -0.1) is 0 Å². The maximum Gasteiger partial charge on any atom is 0.371 e. The lowest BCUT2D eigenvalue weighted by Gasteiger charge is -2.07. The highest BCUT2D eigenvalue weighted by Gasteiger charge is 2.15. The highest BCUT2D eigenvalue weighted by Crippen LogP contribution is 2.33. The SMILES string of the molecule is CCc1ccc(OC(=Cc2ccc3c(c2)OCO3)C(=O)O)cc1. The van der Waals surface area contributed by atoms with E-state index >= 15 is 0 Å². The number of ether oxygens (including phenoxy) is 3. The minimum Gasteiger partial charge on any atom is -0.475 e. The Hall–Kier alpha value is -2.95. The Morgan fingerprint density at radius 1 is 1.17 bits per heavy atom. The summed E-state index contributed by atoms with van der Waals surface area (Å²) in [5.41, 5.74) is 1.82. The average Bonchev–Trinajstić information content (AvgIpc) is 3.02. The molecule has 0 atom stereocenters. The lowest BCUT2D eigenvalue weighted by molar-refractivity contribution is -0.134. The van der Waals surface area contributed by atoms with Gasteiger partial charge in [-0.05, 0) is 47.9 Å². The number of benzene rings is 2. The van der Waals surface area contributed by atoms with Gasteiger partial charge in [-0.3, -0.25) is 0 Å². The summed E-state index contributed by atoms with van der Waals surface area (Å²) in [5, 5.41) is 9.34. The molecule has 0 amide bonds. The molecule has 0 spiro atoms. The Morgan fingerprint density at radius 2 is 1.91 bits per heavy atom. The van der Waals surface area contributed by atoms with Crippen LogP contribution in [0.2, 0.25) is 0 Å². The number of fused-ring (bicyclic) bond motifs is 1. The van der Waals surface area contributed by atoms with Crippen molar-refractivity contribution >= 4 is 12.0 Å². The molecule has 0 bridgehead atoms. The van der Waals surface area contributed by atoms with Gasteiger partial charge in [0.25, 0.3) is 0 Å². The molecule has 2 aromatic rings. The number of hydrogen-bond donors (Lipinski definition) is 1. The molecule has 1 aliphatic rings. The molecule has 118 valence electrons. The van der Waals surface area contributed by atoms with Gasteiger partial charge in [-0.25, -0.2) is 4.79 Å². The van der Waals surface area contributed by atoms with E-state index in [1.54, 1.807) is 30.3 Å². The second kappa shape index (κ2) is 6.44. The monoisotopic (exact) mass is 312 g/mol. The van der Waals surface area contributed by atoms with Gasteiger partial charge in [0.2, 0.25) is 12.6 Å². The Labute approximate surface area is 133 Å². The maximum atomic E-state index is 11.4. The summed E-state index contributed by atoms with van der Waals surface area (Å²) in [4.78, 5) is 11.4. The van der Waals surface area contributed by atoms with Gasteiger partial charge < -0.3 is 19.3 Å². The van der Waals surface area contributed by atoms with E-state index in [0.717, 1.165) is 12.0 Å². The Morgan fingerprint density at radius 3 is 2.61 bits per heavy atom. The number of hydrogen-bond acceptors (Lipinski definition) is 4. The van der Waals surface area contributed by atoms with Crippen molar-refractivity contribution in [3.05, 3.63) is 59.4 Å². The predicted molar refractivity (Wildman–Crippen MR) is 84.6 cm³/mol. The Kier molecular flexibility index (Phi) is 4.19. The van der Waals surface area contributed by atoms with E-state index in [9.17, 15) is 9.90 Å². The molecule has 0 aromatic heterocycles. The van der Waals surface area contributed by atoms with E-state index in [-0.39, 0.29) is 12.6 Å². The summed E-state index contributed by atoms with van der Waals surface area (Å²) in [7, 11) is 0. The Bertz CT molecular complexity index is 747. The second-order valence-corrected chi connectivity index (χ2v) is 5.03. The standard InChI is InChI=1S/C18H16O5/c1-2-12-3-6-14(7-4-12)23-17(18(19)20)10-13-5-8-15-16(9-13)22-11-21-15/h3-10H,2,11H2,1H3,(H,19,20). The zero-order valence-corrected chi connectivity index (χ0v) is 12.6. The largest absolute Gasteiger partial charge is 0.475 e. The fraction of sp³-hybridized carbons (Fsp3) is 0.167. The number of aliphatic carboxylic acids is 1. The molecule has 0 fully saturated rings. The zero-order chi connectivity index (χ0) is 16.2. The van der Waals surface area contributed by atoms with Crippen LogP contribution in [-0.4, -0.2) is 17.9 Å². The third kappa shape index (κ3) is 3.45. The van der Waals surface area contributed by atoms with Crippen LogP contribution in [0.3, 0.4) is 0 Å². The van der Waals surface area contributed by atoms with E-state index in [2.05, 4.69) is 6.92 Å². The van der Waals surface area contributed by atoms with Gasteiger partial charge >= 0.3 is 5.97 Å². The number of carboxylic acids is 1. The van der Waals surface area contributed by atoms with Crippen LogP contribution in [0.5, 0.6) is 17.2 Å². The van der Waals surface area contributed by atoms with E-state index < -0.39 is 5.97 Å². The average molecular weight is 312 g/mol. The molecule has 2 aromatic carbocycles. The van der Waals surface area contributed by atoms with Gasteiger partial charge in [0.1, 0.15) is 5.75 Å². The first-order chi connectivity index (χ1) is 11.2. The third-order valence-electron chi connectivity index (χ3n) is 3.46. The summed E-state index contributed by atoms with van der Waals surface area (Å²) in [6, 6.07) is 12.5. The topological polar surface area (TPSA) is 65.0 Å². The van der Waals surface area contributed by atoms with Crippen LogP contribution in [0.25, 0.3) is 6.08 Å². The lowest BCUT2D eigenvalue weighted by atomic mass is 10.1. The molecule has 1 N–H and O–H groups in total. The third-order valence-corrected chi connectivity index (χ3v) is 3.46. The van der Waals surface area contributed by atoms with Crippen molar-refractivity contribution in [2.24, 2.45) is 0 Å². The molecule has 1 heterocycles. The summed E-state index contributed by atoms with van der Waals surface area (Å²) in [6.07, 6.45) is 2.37. The fourth-order valence-corrected chi connectivity index (χ4v) is 2.21. The van der Waals surface area contributed by atoms with Crippen LogP contribution >= 0.6 is 0 Å². The molecule has 0 saturated carbocycles. The van der Waals surface area contributed by atoms with Gasteiger partial charge in [-0.1, -0.05) is 25.1 Å². The van der Waals surface area contributed by atoms with E-state index in [4.69, 9.17) is 14.2 Å². The minimum absolute atomic E-state index is 0.159. The van der Waals surface area contributed by atoms with Crippen LogP contribution in [0.1, 0.15) is 18.1 Å². The quantitative estimate of drug-likeness (QED) is 0.676. The summed E-state index contributed by atoms with van der Waals surface area (Å²) < 4.78 is 16.0. The molecule has 0 aliphatic carbocycles. The molecule has 23 heavy (non-hydrogen) atoms. The molecule has 5 nitrogen and oxygen atoms in total. The van der Waals surface area contributed by atoms with Crippen LogP contribution in [-0.2, 0) is 11.2 Å². The van der Waals surface area contributed by atoms with Crippen molar-refractivity contribution < 1.29 is 24.1 Å². The number of carboxylic acid groups (broad SMARTS) is 1. The second-order valence-electron chi connectivity index (χ2n) is 5.03. The molecule has 3 rings (SSSR count). The van der Waals surface area contributed by atoms with Crippen molar-refractivity contribution in [1.29, 1.82) is 0 Å². The smallest absolute Gasteiger partial charge is 0.371 e. The van der Waals surface area contributed by atoms with Gasteiger partial charge in [0, 0.05) is 0 Å². The summed E-state index contributed by atoms with van der Waals surface area (Å²) in [5.74, 6) is 0.429. The normalized spacial score (nSPS) is 13.0. The van der Waals surface area contributed by atoms with Crippen molar-refractivity contribution in [2.45, 2.75) is 13.3 Å². The van der Waals surface area contributed by atoms with Crippen LogP contribution in [0, 0.1) is 0 Å². The van der Waals surface area contributed by atoms with Crippen LogP contribution in [0.4, 0.5) is 0 Å². The first kappa shape index (κ1) is 15.0. The van der Waals surface area contributed by atoms with Gasteiger partial charge in [0.05, 0.1) is 0 Å². The van der Waals surface area contributed by atoms with E-state index in [1.165, 1.54) is 6.08 Å². The predicted octanol–water partition coefficient (Wildman–Crippen LogP) is 3.48. The minimum atomic E-state index is -1.14. The molecule has 1 aliphatic heterocycles. The summed E-state index contributed by atoms with van der Waals surface area (Å²) >= 11 is 0.